The van der Waals surface area contributed by atoms with Crippen molar-refractivity contribution in [1.29, 1.82) is 0 Å². The van der Waals surface area contributed by atoms with Crippen molar-refractivity contribution in [2.45, 2.75) is 56.3 Å². The molecule has 4 unspecified atom stereocenters. The first-order chi connectivity index (χ1) is 17.3. The van der Waals surface area contributed by atoms with Gasteiger partial charge >= 0.3 is 11.9 Å². The van der Waals surface area contributed by atoms with E-state index in [2.05, 4.69) is 28.6 Å². The molecular weight excluding hydrogens is 510 g/mol. The predicted octanol–water partition coefficient (Wildman–Crippen LogP) is -2.14. The average molecular weight is 542 g/mol. The molecule has 14 nitrogen and oxygen atoms in total. The Bertz CT molecular complexity index is 989. The molecule has 0 saturated carbocycles. The van der Waals surface area contributed by atoms with E-state index in [0.29, 0.717) is 5.56 Å². The molecule has 0 spiro atoms. The van der Waals surface area contributed by atoms with Crippen LogP contribution in [-0.2, 0) is 35.2 Å². The molecule has 0 aliphatic heterocycles. The van der Waals surface area contributed by atoms with Crippen LogP contribution >= 0.6 is 12.6 Å². The third-order valence-electron chi connectivity index (χ3n) is 5.12. The molecule has 37 heavy (non-hydrogen) atoms. The summed E-state index contributed by atoms with van der Waals surface area (Å²) in [5.74, 6) is -6.18. The molecule has 1 rings (SSSR count). The Hall–Kier alpha value is -3.85. The largest absolute Gasteiger partial charge is 0.508 e. The Morgan fingerprint density at radius 1 is 0.811 bits per heavy atom. The van der Waals surface area contributed by atoms with Crippen LogP contribution in [0.15, 0.2) is 24.3 Å². The van der Waals surface area contributed by atoms with Gasteiger partial charge in [0.25, 0.3) is 0 Å². The summed E-state index contributed by atoms with van der Waals surface area (Å²) in [6.45, 7) is 0. The topological polar surface area (TPSA) is 251 Å². The average Bonchev–Trinajstić information content (AvgIpc) is 2.83. The van der Waals surface area contributed by atoms with Gasteiger partial charge in [-0.05, 0) is 30.5 Å². The third-order valence-corrected chi connectivity index (χ3v) is 5.51. The van der Waals surface area contributed by atoms with Crippen molar-refractivity contribution in [3.63, 3.8) is 0 Å². The number of thiol groups is 1. The first-order valence-electron chi connectivity index (χ1n) is 11.1. The van der Waals surface area contributed by atoms with Gasteiger partial charge in [-0.3, -0.25) is 24.0 Å². The summed E-state index contributed by atoms with van der Waals surface area (Å²) in [6.07, 6.45) is -1.64. The standard InChI is InChI=1S/C22H31N5O9S/c23-13(10-37)19(32)25-14(5-7-17(24)29)20(33)26-15(6-8-18(30)31)21(34)27-16(22(35)36)9-11-1-3-12(28)4-2-11/h1-4,13-16,28,37H,5-10,23H2,(H2,24,29)(H,25,32)(H,26,33)(H,27,34)(H,30,31)(H,35,36). The van der Waals surface area contributed by atoms with Crippen molar-refractivity contribution in [3.05, 3.63) is 29.8 Å². The quantitative estimate of drug-likeness (QED) is 0.103. The molecule has 0 aliphatic carbocycles. The fourth-order valence-electron chi connectivity index (χ4n) is 3.07. The Morgan fingerprint density at radius 3 is 1.76 bits per heavy atom. The maximum atomic E-state index is 12.9. The zero-order chi connectivity index (χ0) is 28.1. The summed E-state index contributed by atoms with van der Waals surface area (Å²) < 4.78 is 0. The molecule has 4 amide bonds. The van der Waals surface area contributed by atoms with Gasteiger partial charge in [-0.1, -0.05) is 12.1 Å². The number of hydrogen-bond acceptors (Lipinski definition) is 9. The number of benzene rings is 1. The maximum absolute atomic E-state index is 12.9. The smallest absolute Gasteiger partial charge is 0.326 e. The predicted molar refractivity (Wildman–Crippen MR) is 132 cm³/mol. The number of amides is 4. The van der Waals surface area contributed by atoms with Gasteiger partial charge in [-0.2, -0.15) is 12.6 Å². The highest BCUT2D eigenvalue weighted by Crippen LogP contribution is 2.12. The molecule has 0 aromatic heterocycles. The Morgan fingerprint density at radius 2 is 1.30 bits per heavy atom. The van der Waals surface area contributed by atoms with Gasteiger partial charge in [0.1, 0.15) is 23.9 Å². The number of phenolic OH excluding ortho intramolecular Hbond substituents is 1. The number of primary amides is 1. The molecule has 0 saturated heterocycles. The minimum atomic E-state index is -1.49. The highest BCUT2D eigenvalue weighted by Gasteiger charge is 2.30. The van der Waals surface area contributed by atoms with Crippen LogP contribution in [0.3, 0.4) is 0 Å². The number of phenols is 1. The fraction of sp³-hybridized carbons (Fsp3) is 0.455. The van der Waals surface area contributed by atoms with Gasteiger partial charge in [0, 0.05) is 25.0 Å². The van der Waals surface area contributed by atoms with Gasteiger partial charge in [0.2, 0.25) is 23.6 Å². The van der Waals surface area contributed by atoms with Crippen molar-refractivity contribution < 1.29 is 44.1 Å². The molecule has 15 heteroatoms. The first kappa shape index (κ1) is 31.2. The van der Waals surface area contributed by atoms with Crippen molar-refractivity contribution in [2.75, 3.05) is 5.75 Å². The number of aliphatic carboxylic acids is 2. The summed E-state index contributed by atoms with van der Waals surface area (Å²) in [6, 6.07) is 0.244. The Balaban J connectivity index is 3.06. The lowest BCUT2D eigenvalue weighted by Crippen LogP contribution is -2.57. The molecule has 0 heterocycles. The fourth-order valence-corrected chi connectivity index (χ4v) is 3.23. The summed E-state index contributed by atoms with van der Waals surface area (Å²) in [4.78, 5) is 72.0. The molecular formula is C22H31N5O9S. The van der Waals surface area contributed by atoms with Crippen LogP contribution in [0.4, 0.5) is 0 Å². The molecule has 0 bridgehead atoms. The van der Waals surface area contributed by atoms with Crippen LogP contribution < -0.4 is 27.4 Å². The third kappa shape index (κ3) is 11.6. The molecule has 0 aliphatic rings. The molecule has 204 valence electrons. The van der Waals surface area contributed by atoms with E-state index in [0.717, 1.165) is 0 Å². The summed E-state index contributed by atoms with van der Waals surface area (Å²) >= 11 is 3.90. The SMILES string of the molecule is NC(=O)CCC(NC(=O)C(N)CS)C(=O)NC(CCC(=O)O)C(=O)NC(Cc1ccc(O)cc1)C(=O)O. The number of nitrogens with one attached hydrogen (secondary N) is 3. The zero-order valence-corrected chi connectivity index (χ0v) is 20.6. The van der Waals surface area contributed by atoms with Crippen molar-refractivity contribution in [2.24, 2.45) is 11.5 Å². The highest BCUT2D eigenvalue weighted by molar-refractivity contribution is 7.80. The molecule has 0 radical (unpaired) electrons. The van der Waals surface area contributed by atoms with Gasteiger partial charge < -0.3 is 42.7 Å². The van der Waals surface area contributed by atoms with Crippen LogP contribution in [0.5, 0.6) is 5.75 Å². The van der Waals surface area contributed by atoms with Crippen LogP contribution in [-0.4, -0.2) is 80.8 Å². The van der Waals surface area contributed by atoms with E-state index < -0.39 is 72.6 Å². The number of nitrogens with two attached hydrogens (primary N) is 2. The molecule has 10 N–H and O–H groups in total. The number of carboxylic acids is 2. The second kappa shape index (κ2) is 15.3. The van der Waals surface area contributed by atoms with Crippen molar-refractivity contribution in [3.8, 4) is 5.75 Å². The Labute approximate surface area is 217 Å². The van der Waals surface area contributed by atoms with Crippen LogP contribution in [0.2, 0.25) is 0 Å². The molecule has 0 fully saturated rings. The minimum absolute atomic E-state index is 0.0376. The van der Waals surface area contributed by atoms with E-state index in [1.165, 1.54) is 24.3 Å². The van der Waals surface area contributed by atoms with Gasteiger partial charge in [0.15, 0.2) is 0 Å². The van der Waals surface area contributed by atoms with Gasteiger partial charge in [-0.15, -0.1) is 0 Å². The second-order valence-corrected chi connectivity index (χ2v) is 8.48. The number of aromatic hydroxyl groups is 1. The number of carbonyl (C=O) groups excluding carboxylic acids is 4. The maximum Gasteiger partial charge on any atom is 0.326 e. The normalized spacial score (nSPS) is 13.9. The lowest BCUT2D eigenvalue weighted by atomic mass is 10.0. The zero-order valence-electron chi connectivity index (χ0n) is 19.8. The minimum Gasteiger partial charge on any atom is -0.508 e. The number of rotatable bonds is 16. The van der Waals surface area contributed by atoms with Crippen molar-refractivity contribution >= 4 is 48.2 Å². The van der Waals surface area contributed by atoms with Crippen LogP contribution in [0, 0.1) is 0 Å². The number of carboxylic acid groups (broad SMARTS) is 2. The van der Waals surface area contributed by atoms with E-state index in [-0.39, 0.29) is 30.8 Å². The number of carbonyl (C=O) groups is 6. The molecule has 1 aromatic rings. The lowest BCUT2D eigenvalue weighted by Gasteiger charge is -2.25. The second-order valence-electron chi connectivity index (χ2n) is 8.12. The van der Waals surface area contributed by atoms with E-state index in [4.69, 9.17) is 16.6 Å². The highest BCUT2D eigenvalue weighted by atomic mass is 32.1. The van der Waals surface area contributed by atoms with E-state index >= 15 is 0 Å². The van der Waals surface area contributed by atoms with Crippen LogP contribution in [0.1, 0.15) is 31.2 Å². The van der Waals surface area contributed by atoms with Gasteiger partial charge in [0.05, 0.1) is 6.04 Å². The van der Waals surface area contributed by atoms with E-state index in [9.17, 15) is 39.0 Å². The summed E-state index contributed by atoms with van der Waals surface area (Å²) in [7, 11) is 0. The summed E-state index contributed by atoms with van der Waals surface area (Å²) in [5.41, 5.74) is 11.2. The Kier molecular flexibility index (Phi) is 12.9. The van der Waals surface area contributed by atoms with Crippen molar-refractivity contribution in [1.82, 2.24) is 16.0 Å². The van der Waals surface area contributed by atoms with E-state index in [1.54, 1.807) is 0 Å². The first-order valence-corrected chi connectivity index (χ1v) is 11.8. The monoisotopic (exact) mass is 541 g/mol. The molecule has 1 aromatic carbocycles. The number of hydrogen-bond donors (Lipinski definition) is 9. The molecule has 4 atom stereocenters. The summed E-state index contributed by atoms with van der Waals surface area (Å²) in [5, 5.41) is 34.9. The van der Waals surface area contributed by atoms with E-state index in [1.807, 2.05) is 0 Å². The van der Waals surface area contributed by atoms with Crippen LogP contribution in [0.25, 0.3) is 0 Å². The lowest BCUT2D eigenvalue weighted by molar-refractivity contribution is -0.143. The van der Waals surface area contributed by atoms with Gasteiger partial charge in [-0.25, -0.2) is 4.79 Å².